The maximum absolute atomic E-state index is 12.7. The van der Waals surface area contributed by atoms with E-state index in [1.807, 2.05) is 0 Å². The molecule has 10 heteroatoms. The van der Waals surface area contributed by atoms with Gasteiger partial charge < -0.3 is 15.0 Å². The summed E-state index contributed by atoms with van der Waals surface area (Å²) in [5.74, 6) is -1.14. The number of likely N-dealkylation sites (N-methyl/N-ethyl adjacent to an activating group) is 1. The average Bonchev–Trinajstić information content (AvgIpc) is 3.17. The van der Waals surface area contributed by atoms with Crippen LogP contribution >= 0.6 is 23.2 Å². The Morgan fingerprint density at radius 1 is 1.09 bits per heavy atom. The van der Waals surface area contributed by atoms with Crippen LogP contribution in [0, 0.1) is 6.92 Å². The van der Waals surface area contributed by atoms with Crippen molar-refractivity contribution in [1.29, 1.82) is 0 Å². The van der Waals surface area contributed by atoms with Crippen LogP contribution < -0.4 is 5.32 Å². The van der Waals surface area contributed by atoms with Crippen molar-refractivity contribution in [3.8, 4) is 5.69 Å². The molecule has 1 heterocycles. The monoisotopic (exact) mass is 488 g/mol. The van der Waals surface area contributed by atoms with Gasteiger partial charge in [-0.15, -0.1) is 0 Å². The molecule has 1 aromatic heterocycles. The van der Waals surface area contributed by atoms with Crippen LogP contribution in [0.25, 0.3) is 5.69 Å². The maximum Gasteiger partial charge on any atom is 0.341 e. The second-order valence-electron chi connectivity index (χ2n) is 7.16. The van der Waals surface area contributed by atoms with Gasteiger partial charge in [-0.05, 0) is 56.3 Å². The van der Waals surface area contributed by atoms with Crippen LogP contribution in [0.2, 0.25) is 10.0 Å². The predicted molar refractivity (Wildman–Crippen MR) is 126 cm³/mol. The van der Waals surface area contributed by atoms with Gasteiger partial charge >= 0.3 is 5.97 Å². The molecule has 0 unspecified atom stereocenters. The first-order chi connectivity index (χ1) is 15.7. The van der Waals surface area contributed by atoms with Crippen molar-refractivity contribution in [3.63, 3.8) is 0 Å². The summed E-state index contributed by atoms with van der Waals surface area (Å²) in [6.07, 6.45) is 1.45. The quantitative estimate of drug-likeness (QED) is 0.498. The summed E-state index contributed by atoms with van der Waals surface area (Å²) < 4.78 is 6.62. The number of rotatable bonds is 7. The lowest BCUT2D eigenvalue weighted by molar-refractivity contribution is -0.116. The number of carbonyl (C=O) groups is 3. The summed E-state index contributed by atoms with van der Waals surface area (Å²) in [7, 11) is 1.54. The van der Waals surface area contributed by atoms with Gasteiger partial charge in [0.1, 0.15) is 5.56 Å². The summed E-state index contributed by atoms with van der Waals surface area (Å²) in [5.41, 5.74) is 2.57. The van der Waals surface area contributed by atoms with E-state index in [9.17, 15) is 14.4 Å². The molecule has 8 nitrogen and oxygen atoms in total. The van der Waals surface area contributed by atoms with Crippen LogP contribution in [-0.4, -0.2) is 52.7 Å². The molecule has 0 atom stereocenters. The van der Waals surface area contributed by atoms with E-state index in [2.05, 4.69) is 10.4 Å². The first kappa shape index (κ1) is 24.3. The molecular formula is C23H22Cl2N4O4. The normalized spacial score (nSPS) is 10.6. The van der Waals surface area contributed by atoms with Gasteiger partial charge in [0.15, 0.2) is 0 Å². The van der Waals surface area contributed by atoms with Crippen molar-refractivity contribution < 1.29 is 19.1 Å². The predicted octanol–water partition coefficient (Wildman–Crippen LogP) is 4.37. The highest BCUT2D eigenvalue weighted by Gasteiger charge is 2.18. The number of hydrogen-bond acceptors (Lipinski definition) is 5. The zero-order valence-electron chi connectivity index (χ0n) is 18.3. The number of halogens is 2. The second kappa shape index (κ2) is 10.5. The topological polar surface area (TPSA) is 93.5 Å². The van der Waals surface area contributed by atoms with Crippen LogP contribution in [0.1, 0.15) is 33.3 Å². The van der Waals surface area contributed by atoms with E-state index in [4.69, 9.17) is 27.9 Å². The van der Waals surface area contributed by atoms with E-state index < -0.39 is 5.97 Å². The number of carbonyl (C=O) groups excluding carboxylic acids is 3. The van der Waals surface area contributed by atoms with E-state index in [-0.39, 0.29) is 25.0 Å². The standard InChI is InChI=1S/C23H22Cl2N4O4/c1-4-33-23(32)18-12-26-29(14(18)2)17-8-5-15(6-9-17)22(31)28(3)13-21(30)27-16-7-10-19(24)20(25)11-16/h5-12H,4,13H2,1-3H3,(H,27,30). The second-order valence-corrected chi connectivity index (χ2v) is 7.98. The van der Waals surface area contributed by atoms with Gasteiger partial charge in [0, 0.05) is 18.3 Å². The summed E-state index contributed by atoms with van der Waals surface area (Å²) in [4.78, 5) is 38.3. The number of benzene rings is 2. The molecule has 172 valence electrons. The van der Waals surface area contributed by atoms with Crippen molar-refractivity contribution >= 4 is 46.7 Å². The number of anilines is 1. The van der Waals surface area contributed by atoms with Gasteiger partial charge in [-0.3, -0.25) is 9.59 Å². The molecule has 0 bridgehead atoms. The Kier molecular flexibility index (Phi) is 7.73. The van der Waals surface area contributed by atoms with Crippen LogP contribution in [0.5, 0.6) is 0 Å². The van der Waals surface area contributed by atoms with Gasteiger partial charge in [-0.2, -0.15) is 5.10 Å². The number of nitrogens with one attached hydrogen (secondary N) is 1. The average molecular weight is 489 g/mol. The van der Waals surface area contributed by atoms with Gasteiger partial charge in [-0.1, -0.05) is 23.2 Å². The Morgan fingerprint density at radius 2 is 1.79 bits per heavy atom. The van der Waals surface area contributed by atoms with E-state index in [1.54, 1.807) is 54.9 Å². The van der Waals surface area contributed by atoms with Gasteiger partial charge in [0.2, 0.25) is 5.91 Å². The minimum atomic E-state index is -0.436. The third kappa shape index (κ3) is 5.71. The molecule has 0 fully saturated rings. The van der Waals surface area contributed by atoms with Crippen LogP contribution in [0.15, 0.2) is 48.7 Å². The highest BCUT2D eigenvalue weighted by molar-refractivity contribution is 6.42. The van der Waals surface area contributed by atoms with Crippen molar-refractivity contribution in [1.82, 2.24) is 14.7 Å². The Morgan fingerprint density at radius 3 is 2.42 bits per heavy atom. The maximum atomic E-state index is 12.7. The fourth-order valence-electron chi connectivity index (χ4n) is 3.11. The summed E-state index contributed by atoms with van der Waals surface area (Å²) >= 11 is 11.8. The van der Waals surface area contributed by atoms with Crippen LogP contribution in [0.3, 0.4) is 0 Å². The minimum Gasteiger partial charge on any atom is -0.462 e. The number of esters is 1. The molecule has 0 aliphatic rings. The van der Waals surface area contributed by atoms with E-state index in [0.717, 1.165) is 0 Å². The molecule has 2 amide bonds. The lowest BCUT2D eigenvalue weighted by atomic mass is 10.1. The molecule has 3 rings (SSSR count). The van der Waals surface area contributed by atoms with Crippen molar-refractivity contribution in [2.45, 2.75) is 13.8 Å². The molecule has 33 heavy (non-hydrogen) atoms. The Balaban J connectivity index is 1.65. The Bertz CT molecular complexity index is 1190. The number of ether oxygens (including phenoxy) is 1. The van der Waals surface area contributed by atoms with E-state index in [1.165, 1.54) is 24.2 Å². The first-order valence-electron chi connectivity index (χ1n) is 10.0. The molecule has 0 aliphatic carbocycles. The van der Waals surface area contributed by atoms with E-state index >= 15 is 0 Å². The SMILES string of the molecule is CCOC(=O)c1cnn(-c2ccc(C(=O)N(C)CC(=O)Nc3ccc(Cl)c(Cl)c3)cc2)c1C. The van der Waals surface area contributed by atoms with Crippen molar-refractivity contribution in [2.24, 2.45) is 0 Å². The zero-order valence-corrected chi connectivity index (χ0v) is 19.8. The zero-order chi connectivity index (χ0) is 24.1. The van der Waals surface area contributed by atoms with E-state index in [0.29, 0.717) is 38.2 Å². The molecule has 0 radical (unpaired) electrons. The third-order valence-corrected chi connectivity index (χ3v) is 5.53. The lowest BCUT2D eigenvalue weighted by Crippen LogP contribution is -2.34. The highest BCUT2D eigenvalue weighted by atomic mass is 35.5. The fraction of sp³-hybridized carbons (Fsp3) is 0.217. The summed E-state index contributed by atoms with van der Waals surface area (Å²) in [5, 5.41) is 7.62. The smallest absolute Gasteiger partial charge is 0.341 e. The number of amides is 2. The summed E-state index contributed by atoms with van der Waals surface area (Å²) in [6, 6.07) is 11.4. The first-order valence-corrected chi connectivity index (χ1v) is 10.8. The largest absolute Gasteiger partial charge is 0.462 e. The minimum absolute atomic E-state index is 0.151. The third-order valence-electron chi connectivity index (χ3n) is 4.79. The van der Waals surface area contributed by atoms with Crippen LogP contribution in [0.4, 0.5) is 5.69 Å². The molecule has 0 spiro atoms. The number of aromatic nitrogens is 2. The number of hydrogen-bond donors (Lipinski definition) is 1. The molecule has 3 aromatic rings. The fourth-order valence-corrected chi connectivity index (χ4v) is 3.40. The van der Waals surface area contributed by atoms with Crippen molar-refractivity contribution in [3.05, 3.63) is 75.5 Å². The Labute approximate surface area is 201 Å². The molecule has 2 aromatic carbocycles. The Hall–Kier alpha value is -3.36. The molecule has 0 saturated heterocycles. The van der Waals surface area contributed by atoms with Crippen molar-refractivity contribution in [2.75, 3.05) is 25.5 Å². The highest BCUT2D eigenvalue weighted by Crippen LogP contribution is 2.25. The summed E-state index contributed by atoms with van der Waals surface area (Å²) in [6.45, 7) is 3.63. The van der Waals surface area contributed by atoms with Gasteiger partial charge in [0.05, 0.1) is 40.8 Å². The van der Waals surface area contributed by atoms with Gasteiger partial charge in [-0.25, -0.2) is 9.48 Å². The van der Waals surface area contributed by atoms with Gasteiger partial charge in [0.25, 0.3) is 5.91 Å². The molecule has 0 saturated carbocycles. The lowest BCUT2D eigenvalue weighted by Gasteiger charge is -2.17. The van der Waals surface area contributed by atoms with Crippen LogP contribution in [-0.2, 0) is 9.53 Å². The number of nitrogens with zero attached hydrogens (tertiary/aromatic N) is 3. The molecular weight excluding hydrogens is 467 g/mol. The molecule has 1 N–H and O–H groups in total. The molecule has 0 aliphatic heterocycles.